The molecule has 1 aromatic rings. The summed E-state index contributed by atoms with van der Waals surface area (Å²) < 4.78 is 13.6. The molecular formula is C13H17FN2O. The molecule has 2 rings (SSSR count). The molecule has 0 radical (unpaired) electrons. The van der Waals surface area contributed by atoms with Gasteiger partial charge in [-0.15, -0.1) is 0 Å². The van der Waals surface area contributed by atoms with Crippen molar-refractivity contribution in [2.75, 3.05) is 10.6 Å². The van der Waals surface area contributed by atoms with E-state index in [1.807, 2.05) is 0 Å². The summed E-state index contributed by atoms with van der Waals surface area (Å²) in [7, 11) is 0. The first-order valence-electron chi connectivity index (χ1n) is 5.90. The standard InChI is InChI=1S/C13H17FN2O/c1-8(10-3-4-10)15-13-7-11(16-9(2)17)5-6-12(13)14/h5-8,10,15H,3-4H2,1-2H3,(H,16,17). The van der Waals surface area contributed by atoms with Gasteiger partial charge in [-0.1, -0.05) is 0 Å². The molecule has 17 heavy (non-hydrogen) atoms. The van der Waals surface area contributed by atoms with Gasteiger partial charge in [-0.3, -0.25) is 4.79 Å². The molecule has 0 saturated heterocycles. The van der Waals surface area contributed by atoms with E-state index >= 15 is 0 Å². The van der Waals surface area contributed by atoms with Gasteiger partial charge in [0.25, 0.3) is 0 Å². The van der Waals surface area contributed by atoms with E-state index < -0.39 is 0 Å². The Morgan fingerprint density at radius 2 is 2.18 bits per heavy atom. The van der Waals surface area contributed by atoms with Crippen molar-refractivity contribution in [2.24, 2.45) is 5.92 Å². The number of amides is 1. The van der Waals surface area contributed by atoms with Crippen LogP contribution < -0.4 is 10.6 Å². The smallest absolute Gasteiger partial charge is 0.221 e. The van der Waals surface area contributed by atoms with Crippen LogP contribution in [0.3, 0.4) is 0 Å². The number of benzene rings is 1. The zero-order chi connectivity index (χ0) is 12.4. The van der Waals surface area contributed by atoms with Crippen LogP contribution in [0.25, 0.3) is 0 Å². The van der Waals surface area contributed by atoms with Crippen LogP contribution in [0.2, 0.25) is 0 Å². The maximum absolute atomic E-state index is 13.6. The third kappa shape index (κ3) is 3.19. The summed E-state index contributed by atoms with van der Waals surface area (Å²) in [5.41, 5.74) is 1.07. The lowest BCUT2D eigenvalue weighted by Gasteiger charge is -2.16. The fraction of sp³-hybridized carbons (Fsp3) is 0.462. The van der Waals surface area contributed by atoms with Crippen molar-refractivity contribution in [1.29, 1.82) is 0 Å². The average Bonchev–Trinajstić information content (AvgIpc) is 3.05. The van der Waals surface area contributed by atoms with Crippen LogP contribution in [0.4, 0.5) is 15.8 Å². The zero-order valence-electron chi connectivity index (χ0n) is 10.1. The third-order valence-electron chi connectivity index (χ3n) is 3.00. The molecule has 1 amide bonds. The monoisotopic (exact) mass is 236 g/mol. The van der Waals surface area contributed by atoms with Gasteiger partial charge in [0, 0.05) is 18.7 Å². The van der Waals surface area contributed by atoms with Crippen molar-refractivity contribution >= 4 is 17.3 Å². The molecule has 0 heterocycles. The average molecular weight is 236 g/mol. The lowest BCUT2D eigenvalue weighted by molar-refractivity contribution is -0.114. The predicted octanol–water partition coefficient (Wildman–Crippen LogP) is 2.99. The maximum atomic E-state index is 13.6. The van der Waals surface area contributed by atoms with Crippen LogP contribution in [-0.4, -0.2) is 11.9 Å². The van der Waals surface area contributed by atoms with Crippen LogP contribution in [0.5, 0.6) is 0 Å². The Morgan fingerprint density at radius 3 is 2.76 bits per heavy atom. The SMILES string of the molecule is CC(=O)Nc1ccc(F)c(NC(C)C2CC2)c1. The molecule has 3 nitrogen and oxygen atoms in total. The molecule has 4 heteroatoms. The summed E-state index contributed by atoms with van der Waals surface area (Å²) in [6, 6.07) is 4.84. The predicted molar refractivity (Wildman–Crippen MR) is 66.5 cm³/mol. The molecule has 1 aromatic carbocycles. The lowest BCUT2D eigenvalue weighted by atomic mass is 10.2. The molecule has 1 aliphatic rings. The Labute approximate surface area is 100 Å². The Bertz CT molecular complexity index is 429. The van der Waals surface area contributed by atoms with Crippen LogP contribution in [-0.2, 0) is 4.79 Å². The summed E-state index contributed by atoms with van der Waals surface area (Å²) in [5.74, 6) is 0.211. The summed E-state index contributed by atoms with van der Waals surface area (Å²) in [6.07, 6.45) is 2.42. The quantitative estimate of drug-likeness (QED) is 0.843. The first-order chi connectivity index (χ1) is 8.06. The number of rotatable bonds is 4. The highest BCUT2D eigenvalue weighted by Crippen LogP contribution is 2.34. The largest absolute Gasteiger partial charge is 0.380 e. The highest BCUT2D eigenvalue weighted by molar-refractivity contribution is 5.89. The summed E-state index contributed by atoms with van der Waals surface area (Å²) in [4.78, 5) is 10.9. The van der Waals surface area contributed by atoms with Gasteiger partial charge in [-0.05, 0) is 43.9 Å². The van der Waals surface area contributed by atoms with Gasteiger partial charge in [0.15, 0.2) is 0 Å². The number of carbonyl (C=O) groups is 1. The Kier molecular flexibility index (Phi) is 3.31. The molecule has 0 aliphatic heterocycles. The molecule has 0 spiro atoms. The summed E-state index contributed by atoms with van der Waals surface area (Å²) in [6.45, 7) is 3.49. The van der Waals surface area contributed by atoms with Gasteiger partial charge < -0.3 is 10.6 Å². The molecule has 0 bridgehead atoms. The van der Waals surface area contributed by atoms with Crippen molar-refractivity contribution in [1.82, 2.24) is 0 Å². The van der Waals surface area contributed by atoms with Crippen LogP contribution >= 0.6 is 0 Å². The Morgan fingerprint density at radius 1 is 1.47 bits per heavy atom. The van der Waals surface area contributed by atoms with Crippen LogP contribution in [0.1, 0.15) is 26.7 Å². The second-order valence-corrected chi connectivity index (χ2v) is 4.65. The molecule has 1 atom stereocenters. The normalized spacial score (nSPS) is 16.4. The highest BCUT2D eigenvalue weighted by Gasteiger charge is 2.28. The van der Waals surface area contributed by atoms with Gasteiger partial charge in [-0.25, -0.2) is 4.39 Å². The molecular weight excluding hydrogens is 219 g/mol. The summed E-state index contributed by atoms with van der Waals surface area (Å²) >= 11 is 0. The fourth-order valence-electron chi connectivity index (χ4n) is 1.88. The zero-order valence-corrected chi connectivity index (χ0v) is 10.1. The number of anilines is 2. The second-order valence-electron chi connectivity index (χ2n) is 4.65. The Hall–Kier alpha value is -1.58. The van der Waals surface area contributed by atoms with E-state index in [4.69, 9.17) is 0 Å². The van der Waals surface area contributed by atoms with Gasteiger partial charge in [0.05, 0.1) is 5.69 Å². The van der Waals surface area contributed by atoms with Gasteiger partial charge in [0.2, 0.25) is 5.91 Å². The van der Waals surface area contributed by atoms with E-state index in [1.165, 1.54) is 25.8 Å². The molecule has 2 N–H and O–H groups in total. The van der Waals surface area contributed by atoms with E-state index in [1.54, 1.807) is 12.1 Å². The maximum Gasteiger partial charge on any atom is 0.221 e. The van der Waals surface area contributed by atoms with Crippen LogP contribution in [0, 0.1) is 11.7 Å². The minimum absolute atomic E-state index is 0.155. The first kappa shape index (κ1) is 11.9. The number of hydrogen-bond donors (Lipinski definition) is 2. The van der Waals surface area contributed by atoms with E-state index in [0.29, 0.717) is 17.3 Å². The minimum atomic E-state index is -0.286. The van der Waals surface area contributed by atoms with E-state index in [-0.39, 0.29) is 17.8 Å². The number of hydrogen-bond acceptors (Lipinski definition) is 2. The van der Waals surface area contributed by atoms with Gasteiger partial charge in [0.1, 0.15) is 5.82 Å². The van der Waals surface area contributed by atoms with Gasteiger partial charge >= 0.3 is 0 Å². The van der Waals surface area contributed by atoms with E-state index in [2.05, 4.69) is 17.6 Å². The molecule has 92 valence electrons. The van der Waals surface area contributed by atoms with Crippen molar-refractivity contribution in [3.05, 3.63) is 24.0 Å². The van der Waals surface area contributed by atoms with Crippen molar-refractivity contribution < 1.29 is 9.18 Å². The van der Waals surface area contributed by atoms with Gasteiger partial charge in [-0.2, -0.15) is 0 Å². The van der Waals surface area contributed by atoms with Crippen molar-refractivity contribution in [3.63, 3.8) is 0 Å². The Balaban J connectivity index is 2.10. The molecule has 1 aliphatic carbocycles. The lowest BCUT2D eigenvalue weighted by Crippen LogP contribution is -2.18. The van der Waals surface area contributed by atoms with E-state index in [0.717, 1.165) is 0 Å². The minimum Gasteiger partial charge on any atom is -0.380 e. The molecule has 1 fully saturated rings. The molecule has 1 saturated carbocycles. The third-order valence-corrected chi connectivity index (χ3v) is 3.00. The topological polar surface area (TPSA) is 41.1 Å². The number of halogens is 1. The number of carbonyl (C=O) groups excluding carboxylic acids is 1. The first-order valence-corrected chi connectivity index (χ1v) is 5.90. The van der Waals surface area contributed by atoms with Crippen LogP contribution in [0.15, 0.2) is 18.2 Å². The summed E-state index contributed by atoms with van der Waals surface area (Å²) in [5, 5.41) is 5.80. The fourth-order valence-corrected chi connectivity index (χ4v) is 1.88. The second kappa shape index (κ2) is 4.73. The molecule has 0 aromatic heterocycles. The van der Waals surface area contributed by atoms with E-state index in [9.17, 15) is 9.18 Å². The molecule has 1 unspecified atom stereocenters. The van der Waals surface area contributed by atoms with Crippen molar-refractivity contribution in [3.8, 4) is 0 Å². The number of nitrogens with one attached hydrogen (secondary N) is 2. The van der Waals surface area contributed by atoms with Crippen molar-refractivity contribution in [2.45, 2.75) is 32.7 Å². The highest BCUT2D eigenvalue weighted by atomic mass is 19.1.